The molecule has 1 aromatic carbocycles. The lowest BCUT2D eigenvalue weighted by atomic mass is 10.1. The van der Waals surface area contributed by atoms with Crippen molar-refractivity contribution in [1.29, 1.82) is 0 Å². The van der Waals surface area contributed by atoms with E-state index in [0.29, 0.717) is 5.75 Å². The molecule has 0 atom stereocenters. The summed E-state index contributed by atoms with van der Waals surface area (Å²) >= 11 is 0. The third-order valence-electron chi connectivity index (χ3n) is 2.38. The molecule has 6 nitrogen and oxygen atoms in total. The standard InChI is InChI=1S/C11H14N2O4S/c1-18(15,16)13-10-5-4-8(17-7-2-3-7)6-9(10)11(12)14/h4-7,13H,2-3H2,1H3,(H2,12,14). The predicted molar refractivity (Wildman–Crippen MR) is 67.1 cm³/mol. The summed E-state index contributed by atoms with van der Waals surface area (Å²) in [4.78, 5) is 11.3. The van der Waals surface area contributed by atoms with Gasteiger partial charge in [0.25, 0.3) is 5.91 Å². The van der Waals surface area contributed by atoms with Crippen molar-refractivity contribution >= 4 is 21.6 Å². The number of rotatable bonds is 5. The number of ether oxygens (including phenoxy) is 1. The fraction of sp³-hybridized carbons (Fsp3) is 0.364. The molecule has 2 rings (SSSR count). The Morgan fingerprint density at radius 3 is 2.61 bits per heavy atom. The highest BCUT2D eigenvalue weighted by Gasteiger charge is 2.24. The molecule has 3 N–H and O–H groups in total. The van der Waals surface area contributed by atoms with Crippen molar-refractivity contribution in [2.45, 2.75) is 18.9 Å². The lowest BCUT2D eigenvalue weighted by Gasteiger charge is -2.11. The molecule has 0 spiro atoms. The Morgan fingerprint density at radius 2 is 2.11 bits per heavy atom. The summed E-state index contributed by atoms with van der Waals surface area (Å²) in [5, 5.41) is 0. The Bertz CT molecular complexity index is 579. The van der Waals surface area contributed by atoms with Gasteiger partial charge in [-0.3, -0.25) is 9.52 Å². The zero-order valence-electron chi connectivity index (χ0n) is 9.84. The van der Waals surface area contributed by atoms with Crippen LogP contribution in [0.3, 0.4) is 0 Å². The molecule has 1 fully saturated rings. The number of hydrogen-bond acceptors (Lipinski definition) is 4. The van der Waals surface area contributed by atoms with E-state index < -0.39 is 15.9 Å². The van der Waals surface area contributed by atoms with Gasteiger partial charge in [0.2, 0.25) is 10.0 Å². The number of amides is 1. The molecule has 0 aliphatic heterocycles. The van der Waals surface area contributed by atoms with Crippen LogP contribution in [0.4, 0.5) is 5.69 Å². The third kappa shape index (κ3) is 3.36. The average molecular weight is 270 g/mol. The number of carbonyl (C=O) groups is 1. The molecule has 0 saturated heterocycles. The maximum absolute atomic E-state index is 11.3. The highest BCUT2D eigenvalue weighted by atomic mass is 32.2. The third-order valence-corrected chi connectivity index (χ3v) is 2.97. The number of benzene rings is 1. The fourth-order valence-corrected chi connectivity index (χ4v) is 2.05. The summed E-state index contributed by atoms with van der Waals surface area (Å²) in [6.45, 7) is 0. The van der Waals surface area contributed by atoms with Gasteiger partial charge in [-0.25, -0.2) is 8.42 Å². The van der Waals surface area contributed by atoms with Gasteiger partial charge < -0.3 is 10.5 Å². The molecular formula is C11H14N2O4S. The molecule has 0 bridgehead atoms. The lowest BCUT2D eigenvalue weighted by Crippen LogP contribution is -2.17. The number of nitrogens with two attached hydrogens (primary N) is 1. The van der Waals surface area contributed by atoms with E-state index in [0.717, 1.165) is 19.1 Å². The predicted octanol–water partition coefficient (Wildman–Crippen LogP) is 0.698. The second kappa shape index (κ2) is 4.49. The van der Waals surface area contributed by atoms with Crippen LogP contribution in [0.2, 0.25) is 0 Å². The van der Waals surface area contributed by atoms with Gasteiger partial charge in [0, 0.05) is 0 Å². The highest BCUT2D eigenvalue weighted by molar-refractivity contribution is 7.92. The first kappa shape index (κ1) is 12.7. The molecule has 1 aliphatic carbocycles. The molecule has 0 unspecified atom stereocenters. The van der Waals surface area contributed by atoms with Crippen molar-refractivity contribution in [2.24, 2.45) is 5.73 Å². The second-order valence-corrected chi connectivity index (χ2v) is 6.01. The van der Waals surface area contributed by atoms with Crippen LogP contribution in [-0.4, -0.2) is 26.7 Å². The monoisotopic (exact) mass is 270 g/mol. The SMILES string of the molecule is CS(=O)(=O)Nc1ccc(OC2CC2)cc1C(N)=O. The molecule has 98 valence electrons. The Balaban J connectivity index is 2.31. The van der Waals surface area contributed by atoms with Gasteiger partial charge in [0.05, 0.1) is 23.6 Å². The molecule has 18 heavy (non-hydrogen) atoms. The quantitative estimate of drug-likeness (QED) is 0.822. The van der Waals surface area contributed by atoms with Crippen LogP contribution in [0.1, 0.15) is 23.2 Å². The van der Waals surface area contributed by atoms with E-state index in [9.17, 15) is 13.2 Å². The molecule has 1 amide bonds. The maximum atomic E-state index is 11.3. The Kier molecular flexibility index (Phi) is 3.16. The molecular weight excluding hydrogens is 256 g/mol. The lowest BCUT2D eigenvalue weighted by molar-refractivity contribution is 0.100. The topological polar surface area (TPSA) is 98.5 Å². The van der Waals surface area contributed by atoms with Crippen LogP contribution in [0.25, 0.3) is 0 Å². The van der Waals surface area contributed by atoms with Gasteiger partial charge in [-0.15, -0.1) is 0 Å². The van der Waals surface area contributed by atoms with Gasteiger partial charge in [0.15, 0.2) is 0 Å². The summed E-state index contributed by atoms with van der Waals surface area (Å²) < 4.78 is 30.1. The minimum absolute atomic E-state index is 0.0959. The molecule has 1 aliphatic rings. The van der Waals surface area contributed by atoms with Crippen molar-refractivity contribution in [2.75, 3.05) is 11.0 Å². The maximum Gasteiger partial charge on any atom is 0.250 e. The Hall–Kier alpha value is -1.76. The molecule has 0 radical (unpaired) electrons. The minimum atomic E-state index is -3.46. The van der Waals surface area contributed by atoms with Crippen molar-refractivity contribution < 1.29 is 17.9 Å². The minimum Gasteiger partial charge on any atom is -0.490 e. The van der Waals surface area contributed by atoms with E-state index in [1.54, 1.807) is 6.07 Å². The summed E-state index contributed by atoms with van der Waals surface area (Å²) in [7, 11) is -3.46. The van der Waals surface area contributed by atoms with Gasteiger partial charge in [-0.2, -0.15) is 0 Å². The largest absolute Gasteiger partial charge is 0.490 e. The van der Waals surface area contributed by atoms with Crippen LogP contribution in [0.5, 0.6) is 5.75 Å². The van der Waals surface area contributed by atoms with Gasteiger partial charge >= 0.3 is 0 Å². The second-order valence-electron chi connectivity index (χ2n) is 4.26. The van der Waals surface area contributed by atoms with Crippen LogP contribution < -0.4 is 15.2 Å². The van der Waals surface area contributed by atoms with E-state index in [-0.39, 0.29) is 17.4 Å². The van der Waals surface area contributed by atoms with Crippen molar-refractivity contribution in [3.05, 3.63) is 23.8 Å². The van der Waals surface area contributed by atoms with Gasteiger partial charge in [-0.1, -0.05) is 0 Å². The van der Waals surface area contributed by atoms with E-state index in [2.05, 4.69) is 4.72 Å². The van der Waals surface area contributed by atoms with E-state index >= 15 is 0 Å². The Labute approximate surface area is 105 Å². The van der Waals surface area contributed by atoms with Crippen LogP contribution in [0.15, 0.2) is 18.2 Å². The van der Waals surface area contributed by atoms with Crippen molar-refractivity contribution in [1.82, 2.24) is 0 Å². The van der Waals surface area contributed by atoms with E-state index in [1.165, 1.54) is 12.1 Å². The zero-order valence-corrected chi connectivity index (χ0v) is 10.7. The Morgan fingerprint density at radius 1 is 1.44 bits per heavy atom. The summed E-state index contributed by atoms with van der Waals surface area (Å²) in [6, 6.07) is 4.53. The average Bonchev–Trinajstić information content (AvgIpc) is 3.01. The number of sulfonamides is 1. The molecule has 1 aromatic rings. The summed E-state index contributed by atoms with van der Waals surface area (Å²) in [5.41, 5.74) is 5.48. The van der Waals surface area contributed by atoms with Crippen LogP contribution in [0, 0.1) is 0 Å². The number of nitrogens with one attached hydrogen (secondary N) is 1. The summed E-state index contributed by atoms with van der Waals surface area (Å²) in [5.74, 6) is -0.187. The molecule has 0 heterocycles. The number of primary amides is 1. The normalized spacial score (nSPS) is 15.2. The smallest absolute Gasteiger partial charge is 0.250 e. The molecule has 1 saturated carbocycles. The van der Waals surface area contributed by atoms with Crippen LogP contribution >= 0.6 is 0 Å². The van der Waals surface area contributed by atoms with Gasteiger partial charge in [-0.05, 0) is 31.0 Å². The number of anilines is 1. The van der Waals surface area contributed by atoms with Crippen LogP contribution in [-0.2, 0) is 10.0 Å². The molecule has 0 aromatic heterocycles. The van der Waals surface area contributed by atoms with E-state index in [4.69, 9.17) is 10.5 Å². The summed E-state index contributed by atoms with van der Waals surface area (Å²) in [6.07, 6.45) is 3.19. The van der Waals surface area contributed by atoms with Crippen molar-refractivity contribution in [3.63, 3.8) is 0 Å². The van der Waals surface area contributed by atoms with E-state index in [1.807, 2.05) is 0 Å². The first-order valence-corrected chi connectivity index (χ1v) is 7.32. The number of hydrogen-bond donors (Lipinski definition) is 2. The first-order valence-electron chi connectivity index (χ1n) is 5.43. The van der Waals surface area contributed by atoms with Crippen molar-refractivity contribution in [3.8, 4) is 5.75 Å². The van der Waals surface area contributed by atoms with Gasteiger partial charge in [0.1, 0.15) is 5.75 Å². The fourth-order valence-electron chi connectivity index (χ4n) is 1.47. The highest BCUT2D eigenvalue weighted by Crippen LogP contribution is 2.29. The zero-order chi connectivity index (χ0) is 13.3. The molecule has 7 heteroatoms. The first-order chi connectivity index (χ1) is 8.35. The number of carbonyl (C=O) groups excluding carboxylic acids is 1.